The van der Waals surface area contributed by atoms with Crippen molar-refractivity contribution in [1.29, 1.82) is 0 Å². The van der Waals surface area contributed by atoms with E-state index >= 15 is 0 Å². The Morgan fingerprint density at radius 1 is 1.80 bits per heavy atom. The summed E-state index contributed by atoms with van der Waals surface area (Å²) in [6.07, 6.45) is -0.180. The minimum absolute atomic E-state index is 0.0995. The lowest BCUT2D eigenvalue weighted by Crippen LogP contribution is -2.61. The third-order valence-electron chi connectivity index (χ3n) is 1.84. The largest absolute Gasteiger partial charge is 0.343 e. The number of likely N-dealkylation sites (N-methyl/N-ethyl adjacent to an activating group) is 1. The highest BCUT2D eigenvalue weighted by molar-refractivity contribution is 8.00. The van der Waals surface area contributed by atoms with Gasteiger partial charge in [0.2, 0.25) is 0 Å². The first-order chi connectivity index (χ1) is 4.68. The lowest BCUT2D eigenvalue weighted by molar-refractivity contribution is -0.157. The molecule has 1 aliphatic rings. The first-order valence-corrected chi connectivity index (χ1v) is 5.78. The van der Waals surface area contributed by atoms with E-state index in [0.29, 0.717) is 8.50 Å². The topological polar surface area (TPSA) is 29.5 Å². The molecule has 4 atom stereocenters. The van der Waals surface area contributed by atoms with Crippen molar-refractivity contribution in [2.24, 2.45) is 0 Å². The van der Waals surface area contributed by atoms with Gasteiger partial charge in [0.15, 0.2) is 6.10 Å². The first kappa shape index (κ1) is 8.39. The molecule has 1 saturated heterocycles. The number of likely N-dealkylation sites (tertiary alicyclic amines) is 1. The van der Waals surface area contributed by atoms with E-state index in [0.717, 1.165) is 0 Å². The van der Waals surface area contributed by atoms with E-state index in [1.807, 2.05) is 6.92 Å². The summed E-state index contributed by atoms with van der Waals surface area (Å²) in [5.41, 5.74) is 0. The van der Waals surface area contributed by atoms with Crippen molar-refractivity contribution in [2.45, 2.75) is 19.1 Å². The van der Waals surface area contributed by atoms with E-state index < -0.39 is 0 Å². The molecule has 0 aromatic heterocycles. The number of rotatable bonds is 2. The van der Waals surface area contributed by atoms with Gasteiger partial charge in [0.25, 0.3) is 5.91 Å². The molecule has 0 bridgehead atoms. The molecule has 1 fully saturated rings. The number of nitrogens with zero attached hydrogens (tertiary/aromatic N) is 1. The number of carbonyl (C=O) groups excluding carboxylic acids is 1. The van der Waals surface area contributed by atoms with Gasteiger partial charge < -0.3 is 9.42 Å². The van der Waals surface area contributed by atoms with Crippen LogP contribution in [0.3, 0.4) is 0 Å². The van der Waals surface area contributed by atoms with Crippen LogP contribution in [0, 0.1) is 0 Å². The maximum atomic E-state index is 11.0. The Morgan fingerprint density at radius 3 is 2.80 bits per heavy atom. The quantitative estimate of drug-likeness (QED) is 0.459. The van der Waals surface area contributed by atoms with Gasteiger partial charge in [-0.05, 0) is 6.92 Å². The summed E-state index contributed by atoms with van der Waals surface area (Å²) in [5, 5.41) is 0. The van der Waals surface area contributed by atoms with Crippen LogP contribution in [0.4, 0.5) is 0 Å². The van der Waals surface area contributed by atoms with Crippen LogP contribution in [0.5, 0.6) is 0 Å². The van der Waals surface area contributed by atoms with Crippen molar-refractivity contribution in [3.8, 4) is 0 Å². The predicted octanol–water partition coefficient (Wildman–Crippen LogP) is 0.616. The van der Waals surface area contributed by atoms with Crippen LogP contribution in [0.15, 0.2) is 0 Å². The fraction of sp³-hybridized carbons (Fsp3) is 0.800. The van der Waals surface area contributed by atoms with E-state index in [1.54, 1.807) is 11.9 Å². The van der Waals surface area contributed by atoms with Crippen molar-refractivity contribution in [1.82, 2.24) is 4.90 Å². The molecule has 0 aromatic carbocycles. The molecule has 0 spiro atoms. The molecule has 2 unspecified atom stereocenters. The number of β-lactam (4-membered cyclic amide) rings is 1. The summed E-state index contributed by atoms with van der Waals surface area (Å²) in [6, 6.07) is 0.251. The van der Waals surface area contributed by atoms with Crippen LogP contribution in [0.25, 0.3) is 0 Å². The Hall–Kier alpha value is 0.290. The predicted molar refractivity (Wildman–Crippen MR) is 45.1 cm³/mol. The standard InChI is InChI=1S/C5H11NO2P2/c1-3-4(8-10-9)5(7)6(3)2/h3-4,10H,9H2,1-2H3/t3-,4+/m0/s1. The fourth-order valence-electron chi connectivity index (χ4n) is 0.951. The molecule has 1 heterocycles. The van der Waals surface area contributed by atoms with E-state index in [9.17, 15) is 4.79 Å². The summed E-state index contributed by atoms with van der Waals surface area (Å²) in [7, 11) is 4.58. The van der Waals surface area contributed by atoms with E-state index in [4.69, 9.17) is 4.52 Å². The molecular weight excluding hydrogens is 168 g/mol. The average molecular weight is 179 g/mol. The molecule has 1 rings (SSSR count). The monoisotopic (exact) mass is 179 g/mol. The fourth-order valence-corrected chi connectivity index (χ4v) is 1.84. The highest BCUT2D eigenvalue weighted by Crippen LogP contribution is 2.31. The van der Waals surface area contributed by atoms with Crippen LogP contribution >= 0.6 is 17.4 Å². The highest BCUT2D eigenvalue weighted by atomic mass is 32.0. The normalized spacial score (nSPS) is 33.5. The zero-order valence-electron chi connectivity index (χ0n) is 6.00. The number of hydrogen-bond donors (Lipinski definition) is 0. The molecule has 0 aromatic rings. The van der Waals surface area contributed by atoms with E-state index in [1.165, 1.54) is 0 Å². The molecule has 0 N–H and O–H groups in total. The van der Waals surface area contributed by atoms with Gasteiger partial charge in [0, 0.05) is 15.5 Å². The average Bonchev–Trinajstić information content (AvgIpc) is 1.98. The number of carbonyl (C=O) groups is 1. The minimum atomic E-state index is -0.180. The first-order valence-electron chi connectivity index (χ1n) is 3.06. The zero-order chi connectivity index (χ0) is 7.72. The van der Waals surface area contributed by atoms with Gasteiger partial charge in [0.1, 0.15) is 0 Å². The maximum Gasteiger partial charge on any atom is 0.254 e. The number of hydrogen-bond acceptors (Lipinski definition) is 2. The van der Waals surface area contributed by atoms with E-state index in [2.05, 4.69) is 8.93 Å². The Morgan fingerprint density at radius 2 is 2.40 bits per heavy atom. The number of amides is 1. The Bertz CT molecular complexity index is 153. The molecule has 0 saturated carbocycles. The lowest BCUT2D eigenvalue weighted by Gasteiger charge is -2.41. The summed E-state index contributed by atoms with van der Waals surface area (Å²) < 4.78 is 5.17. The molecule has 1 aliphatic heterocycles. The molecular formula is C5H11NO2P2. The molecule has 0 radical (unpaired) electrons. The molecule has 10 heavy (non-hydrogen) atoms. The summed E-state index contributed by atoms with van der Waals surface area (Å²) in [5.74, 6) is 0.0995. The van der Waals surface area contributed by atoms with Gasteiger partial charge in [-0.2, -0.15) is 0 Å². The second kappa shape index (κ2) is 3.13. The lowest BCUT2D eigenvalue weighted by atomic mass is 10.0. The van der Waals surface area contributed by atoms with Crippen LogP contribution in [0.1, 0.15) is 6.92 Å². The third kappa shape index (κ3) is 1.18. The smallest absolute Gasteiger partial charge is 0.254 e. The second-order valence-corrected chi connectivity index (χ2v) is 3.52. The Kier molecular flexibility index (Phi) is 2.62. The van der Waals surface area contributed by atoms with Gasteiger partial charge in [-0.3, -0.25) is 4.79 Å². The Labute approximate surface area is 64.5 Å². The van der Waals surface area contributed by atoms with Gasteiger partial charge in [0.05, 0.1) is 6.04 Å². The summed E-state index contributed by atoms with van der Waals surface area (Å²) in [6.45, 7) is 1.98. The molecule has 58 valence electrons. The third-order valence-corrected chi connectivity index (χ3v) is 2.63. The van der Waals surface area contributed by atoms with Crippen LogP contribution in [-0.4, -0.2) is 30.0 Å². The maximum absolute atomic E-state index is 11.0. The van der Waals surface area contributed by atoms with Crippen LogP contribution in [-0.2, 0) is 9.32 Å². The SMILES string of the molecule is C[C@H]1[C@@H](OPP)C(=O)N1C. The summed E-state index contributed by atoms with van der Waals surface area (Å²) in [4.78, 5) is 12.6. The van der Waals surface area contributed by atoms with Crippen molar-refractivity contribution in [2.75, 3.05) is 7.05 Å². The van der Waals surface area contributed by atoms with Gasteiger partial charge in [-0.1, -0.05) is 8.93 Å². The van der Waals surface area contributed by atoms with Crippen molar-refractivity contribution < 1.29 is 9.32 Å². The van der Waals surface area contributed by atoms with Gasteiger partial charge in [-0.15, -0.1) is 0 Å². The van der Waals surface area contributed by atoms with Crippen molar-refractivity contribution >= 4 is 23.3 Å². The molecule has 0 aliphatic carbocycles. The minimum Gasteiger partial charge on any atom is -0.343 e. The van der Waals surface area contributed by atoms with Crippen LogP contribution < -0.4 is 0 Å². The molecule has 1 amide bonds. The highest BCUT2D eigenvalue weighted by Gasteiger charge is 2.42. The van der Waals surface area contributed by atoms with Crippen LogP contribution in [0.2, 0.25) is 0 Å². The second-order valence-electron chi connectivity index (χ2n) is 2.35. The van der Waals surface area contributed by atoms with Gasteiger partial charge >= 0.3 is 0 Å². The molecule has 5 heteroatoms. The summed E-state index contributed by atoms with van der Waals surface area (Å²) >= 11 is 0. The van der Waals surface area contributed by atoms with Gasteiger partial charge in [-0.25, -0.2) is 0 Å². The van der Waals surface area contributed by atoms with Crippen molar-refractivity contribution in [3.05, 3.63) is 0 Å². The Balaban J connectivity index is 2.42. The van der Waals surface area contributed by atoms with E-state index in [-0.39, 0.29) is 18.1 Å². The zero-order valence-corrected chi connectivity index (χ0v) is 8.15. The molecule has 3 nitrogen and oxygen atoms in total. The van der Waals surface area contributed by atoms with Crippen molar-refractivity contribution in [3.63, 3.8) is 0 Å².